The van der Waals surface area contributed by atoms with Gasteiger partial charge in [-0.05, 0) is 36.5 Å². The van der Waals surface area contributed by atoms with E-state index in [-0.39, 0.29) is 18.0 Å². The summed E-state index contributed by atoms with van der Waals surface area (Å²) in [6.07, 6.45) is 1.21. The highest BCUT2D eigenvalue weighted by Crippen LogP contribution is 2.30. The smallest absolute Gasteiger partial charge is 0.335 e. The number of nitrogens with one attached hydrogen (secondary N) is 1. The minimum atomic E-state index is -1.03. The summed E-state index contributed by atoms with van der Waals surface area (Å²) in [5, 5.41) is 12.0. The van der Waals surface area contributed by atoms with Crippen LogP contribution in [0.15, 0.2) is 24.3 Å². The van der Waals surface area contributed by atoms with Crippen LogP contribution in [0.25, 0.3) is 0 Å². The van der Waals surface area contributed by atoms with Gasteiger partial charge >= 0.3 is 12.0 Å². The Morgan fingerprint density at radius 3 is 2.58 bits per heavy atom. The number of urea groups is 1. The lowest BCUT2D eigenvalue weighted by Crippen LogP contribution is -2.55. The number of amides is 3. The summed E-state index contributed by atoms with van der Waals surface area (Å²) in [5.41, 5.74) is -0.0384. The summed E-state index contributed by atoms with van der Waals surface area (Å²) in [4.78, 5) is 40.0. The Hall–Kier alpha value is -2.41. The van der Waals surface area contributed by atoms with Crippen LogP contribution in [0.2, 0.25) is 0 Å². The van der Waals surface area contributed by atoms with E-state index in [1.165, 1.54) is 17.0 Å². The van der Waals surface area contributed by atoms with Crippen LogP contribution in [0.3, 0.4) is 0 Å². The van der Waals surface area contributed by atoms with Gasteiger partial charge in [0, 0.05) is 19.6 Å². The van der Waals surface area contributed by atoms with E-state index in [4.69, 9.17) is 5.11 Å². The molecule has 0 aliphatic carbocycles. The number of hydrogen-bond acceptors (Lipinski definition) is 4. The van der Waals surface area contributed by atoms with Crippen LogP contribution in [0.4, 0.5) is 4.79 Å². The van der Waals surface area contributed by atoms with Crippen molar-refractivity contribution in [2.24, 2.45) is 5.92 Å². The fourth-order valence-corrected chi connectivity index (χ4v) is 3.78. The Bertz CT molecular complexity index is 723. The number of carboxylic acids is 1. The molecule has 0 bridgehead atoms. The van der Waals surface area contributed by atoms with Crippen molar-refractivity contribution < 1.29 is 19.5 Å². The van der Waals surface area contributed by atoms with E-state index in [0.717, 1.165) is 19.6 Å². The SMILES string of the molecule is CC(C)CN1CCC2(CC1)NC(=O)N(Cc1cccc(C(=O)O)c1)C2=O. The summed E-state index contributed by atoms with van der Waals surface area (Å²) < 4.78 is 0. The Morgan fingerprint density at radius 1 is 1.27 bits per heavy atom. The molecule has 2 fully saturated rings. The molecule has 2 N–H and O–H groups in total. The molecule has 2 aliphatic rings. The molecule has 7 nitrogen and oxygen atoms in total. The molecule has 26 heavy (non-hydrogen) atoms. The lowest BCUT2D eigenvalue weighted by Gasteiger charge is -2.38. The van der Waals surface area contributed by atoms with Crippen molar-refractivity contribution in [3.63, 3.8) is 0 Å². The normalized spacial score (nSPS) is 20.0. The average Bonchev–Trinajstić information content (AvgIpc) is 2.81. The number of benzene rings is 1. The van der Waals surface area contributed by atoms with E-state index in [2.05, 4.69) is 24.1 Å². The van der Waals surface area contributed by atoms with Crippen molar-refractivity contribution in [2.75, 3.05) is 19.6 Å². The zero-order valence-corrected chi connectivity index (χ0v) is 15.2. The first kappa shape index (κ1) is 18.4. The lowest BCUT2D eigenvalue weighted by molar-refractivity contribution is -0.133. The number of imide groups is 1. The van der Waals surface area contributed by atoms with Gasteiger partial charge in [-0.1, -0.05) is 26.0 Å². The monoisotopic (exact) mass is 359 g/mol. The van der Waals surface area contributed by atoms with Gasteiger partial charge < -0.3 is 15.3 Å². The van der Waals surface area contributed by atoms with Crippen molar-refractivity contribution in [3.05, 3.63) is 35.4 Å². The number of rotatable bonds is 5. The van der Waals surface area contributed by atoms with Gasteiger partial charge in [-0.25, -0.2) is 9.59 Å². The molecule has 2 aliphatic heterocycles. The third kappa shape index (κ3) is 3.58. The van der Waals surface area contributed by atoms with Crippen molar-refractivity contribution in [1.29, 1.82) is 0 Å². The van der Waals surface area contributed by atoms with Crippen molar-refractivity contribution in [3.8, 4) is 0 Å². The first-order valence-corrected chi connectivity index (χ1v) is 8.99. The summed E-state index contributed by atoms with van der Waals surface area (Å²) in [6, 6.07) is 5.94. The van der Waals surface area contributed by atoms with Crippen LogP contribution < -0.4 is 5.32 Å². The number of carbonyl (C=O) groups excluding carboxylic acids is 2. The van der Waals surface area contributed by atoms with E-state index in [1.54, 1.807) is 12.1 Å². The third-order valence-electron chi connectivity index (χ3n) is 5.09. The Kier molecular flexibility index (Phi) is 5.00. The molecule has 7 heteroatoms. The molecule has 0 radical (unpaired) electrons. The van der Waals surface area contributed by atoms with Crippen LogP contribution in [-0.4, -0.2) is 58.0 Å². The number of carbonyl (C=O) groups is 3. The predicted octanol–water partition coefficient (Wildman–Crippen LogP) is 1.93. The highest BCUT2D eigenvalue weighted by Gasteiger charge is 2.52. The number of carboxylic acid groups (broad SMARTS) is 1. The minimum Gasteiger partial charge on any atom is -0.478 e. The van der Waals surface area contributed by atoms with Gasteiger partial charge in [-0.15, -0.1) is 0 Å². The number of aromatic carboxylic acids is 1. The van der Waals surface area contributed by atoms with Gasteiger partial charge in [0.25, 0.3) is 5.91 Å². The minimum absolute atomic E-state index is 0.0866. The van der Waals surface area contributed by atoms with Crippen LogP contribution >= 0.6 is 0 Å². The number of hydrogen-bond donors (Lipinski definition) is 2. The van der Waals surface area contributed by atoms with E-state index in [1.807, 2.05) is 0 Å². The van der Waals surface area contributed by atoms with Crippen LogP contribution in [0, 0.1) is 5.92 Å². The molecule has 3 rings (SSSR count). The molecule has 3 amide bonds. The molecule has 0 saturated carbocycles. The Morgan fingerprint density at radius 2 is 1.96 bits per heavy atom. The summed E-state index contributed by atoms with van der Waals surface area (Å²) >= 11 is 0. The van der Waals surface area contributed by atoms with E-state index in [9.17, 15) is 14.4 Å². The molecule has 0 atom stereocenters. The van der Waals surface area contributed by atoms with E-state index >= 15 is 0 Å². The third-order valence-corrected chi connectivity index (χ3v) is 5.09. The Labute approximate surface area is 153 Å². The van der Waals surface area contributed by atoms with Crippen molar-refractivity contribution in [2.45, 2.75) is 38.8 Å². The van der Waals surface area contributed by atoms with Crippen LogP contribution in [0.5, 0.6) is 0 Å². The van der Waals surface area contributed by atoms with Crippen LogP contribution in [-0.2, 0) is 11.3 Å². The second-order valence-electron chi connectivity index (χ2n) is 7.60. The molecular weight excluding hydrogens is 334 g/mol. The molecule has 1 spiro atoms. The second kappa shape index (κ2) is 7.07. The quantitative estimate of drug-likeness (QED) is 0.784. The zero-order chi connectivity index (χ0) is 18.9. The standard InChI is InChI=1S/C19H25N3O4/c1-13(2)11-21-8-6-19(7-9-21)17(25)22(18(26)20-19)12-14-4-3-5-15(10-14)16(23)24/h3-5,10,13H,6-9,11-12H2,1-2H3,(H,20,26)(H,23,24). The average molecular weight is 359 g/mol. The van der Waals surface area contributed by atoms with Gasteiger partial charge in [-0.3, -0.25) is 9.69 Å². The highest BCUT2D eigenvalue weighted by molar-refractivity contribution is 6.07. The number of nitrogens with zero attached hydrogens (tertiary/aromatic N) is 2. The zero-order valence-electron chi connectivity index (χ0n) is 15.2. The van der Waals surface area contributed by atoms with E-state index < -0.39 is 17.5 Å². The van der Waals surface area contributed by atoms with Gasteiger partial charge in [0.15, 0.2) is 0 Å². The fourth-order valence-electron chi connectivity index (χ4n) is 3.78. The molecular formula is C19H25N3O4. The topological polar surface area (TPSA) is 90.0 Å². The molecule has 2 saturated heterocycles. The molecule has 0 unspecified atom stereocenters. The Balaban J connectivity index is 1.70. The molecule has 1 aromatic carbocycles. The summed E-state index contributed by atoms with van der Waals surface area (Å²) in [7, 11) is 0. The lowest BCUT2D eigenvalue weighted by atomic mass is 9.87. The number of piperidine rings is 1. The summed E-state index contributed by atoms with van der Waals surface area (Å²) in [5.74, 6) is -0.665. The second-order valence-corrected chi connectivity index (χ2v) is 7.60. The predicted molar refractivity (Wildman–Crippen MR) is 95.7 cm³/mol. The molecule has 1 aromatic rings. The molecule has 0 aromatic heterocycles. The summed E-state index contributed by atoms with van der Waals surface area (Å²) in [6.45, 7) is 6.98. The molecule has 140 valence electrons. The van der Waals surface area contributed by atoms with E-state index in [0.29, 0.717) is 24.3 Å². The maximum atomic E-state index is 13.0. The maximum absolute atomic E-state index is 13.0. The first-order chi connectivity index (χ1) is 12.3. The first-order valence-electron chi connectivity index (χ1n) is 8.99. The number of likely N-dealkylation sites (tertiary alicyclic amines) is 1. The van der Waals surface area contributed by atoms with Crippen molar-refractivity contribution >= 4 is 17.9 Å². The molecule has 2 heterocycles. The largest absolute Gasteiger partial charge is 0.478 e. The fraction of sp³-hybridized carbons (Fsp3) is 0.526. The van der Waals surface area contributed by atoms with Gasteiger partial charge in [0.05, 0.1) is 12.1 Å². The van der Waals surface area contributed by atoms with Gasteiger partial charge in [0.1, 0.15) is 5.54 Å². The van der Waals surface area contributed by atoms with Crippen molar-refractivity contribution in [1.82, 2.24) is 15.1 Å². The maximum Gasteiger partial charge on any atom is 0.335 e. The highest BCUT2D eigenvalue weighted by atomic mass is 16.4. The van der Waals surface area contributed by atoms with Crippen LogP contribution in [0.1, 0.15) is 42.6 Å². The van der Waals surface area contributed by atoms with Gasteiger partial charge in [0.2, 0.25) is 0 Å². The van der Waals surface area contributed by atoms with Gasteiger partial charge in [-0.2, -0.15) is 0 Å².